The van der Waals surface area contributed by atoms with E-state index in [4.69, 9.17) is 10.5 Å². The van der Waals surface area contributed by atoms with Crippen molar-refractivity contribution in [1.82, 2.24) is 0 Å². The predicted molar refractivity (Wildman–Crippen MR) is 119 cm³/mol. The van der Waals surface area contributed by atoms with Crippen LogP contribution in [0.2, 0.25) is 0 Å². The van der Waals surface area contributed by atoms with E-state index in [1.165, 1.54) is 0 Å². The lowest BCUT2D eigenvalue weighted by molar-refractivity contribution is -0.118. The molecule has 4 amide bonds. The monoisotopic (exact) mass is 418 g/mol. The summed E-state index contributed by atoms with van der Waals surface area (Å²) in [6.07, 6.45) is 0.0780. The number of rotatable bonds is 8. The molecule has 0 bridgehead atoms. The molecule has 0 saturated heterocycles. The second-order valence-electron chi connectivity index (χ2n) is 6.54. The smallest absolute Gasteiger partial charge is 0.323 e. The standard InChI is InChI=1S/C23H22N4O4/c24-21(28)14-15-31-20-9-5-4-8-19(20)27-22(29)16-10-12-18(13-11-16)26-23(30)25-17-6-2-1-3-7-17/h1-13H,14-15H2,(H2,24,28)(H,27,29)(H2,25,26,30). The normalized spacial score (nSPS) is 10.1. The molecule has 0 aliphatic rings. The van der Waals surface area contributed by atoms with Gasteiger partial charge < -0.3 is 26.4 Å². The molecule has 3 aromatic carbocycles. The Balaban J connectivity index is 1.58. The Hall–Kier alpha value is -4.33. The van der Waals surface area contributed by atoms with E-state index in [1.807, 2.05) is 18.2 Å². The van der Waals surface area contributed by atoms with Crippen molar-refractivity contribution in [3.05, 3.63) is 84.4 Å². The molecule has 31 heavy (non-hydrogen) atoms. The summed E-state index contributed by atoms with van der Waals surface area (Å²) in [6, 6.07) is 22.1. The molecule has 0 heterocycles. The molecular formula is C23H22N4O4. The fourth-order valence-corrected chi connectivity index (χ4v) is 2.67. The van der Waals surface area contributed by atoms with Crippen LogP contribution in [0, 0.1) is 0 Å². The molecule has 8 heteroatoms. The maximum absolute atomic E-state index is 12.6. The number of urea groups is 1. The van der Waals surface area contributed by atoms with Crippen molar-refractivity contribution in [3.63, 3.8) is 0 Å². The predicted octanol–water partition coefficient (Wildman–Crippen LogP) is 3.84. The Kier molecular flexibility index (Phi) is 7.21. The van der Waals surface area contributed by atoms with Gasteiger partial charge in [0.2, 0.25) is 5.91 Å². The van der Waals surface area contributed by atoms with Gasteiger partial charge in [0, 0.05) is 16.9 Å². The summed E-state index contributed by atoms with van der Waals surface area (Å²) < 4.78 is 5.53. The SMILES string of the molecule is NC(=O)CCOc1ccccc1NC(=O)c1ccc(NC(=O)Nc2ccccc2)cc1. The minimum absolute atomic E-state index is 0.0780. The van der Waals surface area contributed by atoms with Crippen LogP contribution in [-0.4, -0.2) is 24.5 Å². The summed E-state index contributed by atoms with van der Waals surface area (Å²) in [5, 5.41) is 8.20. The molecule has 8 nitrogen and oxygen atoms in total. The number of benzene rings is 3. The lowest BCUT2D eigenvalue weighted by atomic mass is 10.2. The Morgan fingerprint density at radius 1 is 0.742 bits per heavy atom. The Labute approximate surface area is 179 Å². The highest BCUT2D eigenvalue weighted by molar-refractivity contribution is 6.05. The first-order valence-corrected chi connectivity index (χ1v) is 9.56. The molecule has 3 aromatic rings. The average Bonchev–Trinajstić information content (AvgIpc) is 2.76. The quantitative estimate of drug-likeness (QED) is 0.444. The third-order valence-electron chi connectivity index (χ3n) is 4.18. The number of anilines is 3. The largest absolute Gasteiger partial charge is 0.491 e. The molecule has 0 saturated carbocycles. The lowest BCUT2D eigenvalue weighted by Gasteiger charge is -2.12. The highest BCUT2D eigenvalue weighted by Gasteiger charge is 2.11. The molecule has 0 spiro atoms. The summed E-state index contributed by atoms with van der Waals surface area (Å²) in [5.74, 6) is -0.369. The molecule has 0 aliphatic carbocycles. The van der Waals surface area contributed by atoms with Crippen molar-refractivity contribution >= 4 is 34.9 Å². The molecule has 0 aromatic heterocycles. The summed E-state index contributed by atoms with van der Waals surface area (Å²) in [4.78, 5) is 35.5. The van der Waals surface area contributed by atoms with Gasteiger partial charge in [0.15, 0.2) is 0 Å². The van der Waals surface area contributed by atoms with Crippen molar-refractivity contribution < 1.29 is 19.1 Å². The Morgan fingerprint density at radius 2 is 1.35 bits per heavy atom. The molecule has 0 unspecified atom stereocenters. The fraction of sp³-hybridized carbons (Fsp3) is 0.0870. The van der Waals surface area contributed by atoms with E-state index in [0.29, 0.717) is 28.4 Å². The zero-order valence-electron chi connectivity index (χ0n) is 16.6. The number of hydrogen-bond donors (Lipinski definition) is 4. The highest BCUT2D eigenvalue weighted by atomic mass is 16.5. The van der Waals surface area contributed by atoms with E-state index in [9.17, 15) is 14.4 Å². The molecule has 158 valence electrons. The maximum atomic E-state index is 12.6. The first-order valence-electron chi connectivity index (χ1n) is 9.56. The molecule has 5 N–H and O–H groups in total. The molecular weight excluding hydrogens is 396 g/mol. The molecule has 0 aliphatic heterocycles. The Morgan fingerprint density at radius 3 is 2.03 bits per heavy atom. The van der Waals surface area contributed by atoms with Crippen LogP contribution in [-0.2, 0) is 4.79 Å². The number of carbonyl (C=O) groups is 3. The van der Waals surface area contributed by atoms with Crippen LogP contribution in [0.1, 0.15) is 16.8 Å². The number of hydrogen-bond acceptors (Lipinski definition) is 4. The summed E-state index contributed by atoms with van der Waals surface area (Å²) in [6.45, 7) is 0.119. The summed E-state index contributed by atoms with van der Waals surface area (Å²) >= 11 is 0. The number of nitrogens with two attached hydrogens (primary N) is 1. The zero-order valence-corrected chi connectivity index (χ0v) is 16.6. The van der Waals surface area contributed by atoms with Crippen molar-refractivity contribution in [2.45, 2.75) is 6.42 Å². The lowest BCUT2D eigenvalue weighted by Crippen LogP contribution is -2.19. The Bertz CT molecular complexity index is 1050. The number of amides is 4. The first-order chi connectivity index (χ1) is 15.0. The van der Waals surface area contributed by atoms with Gasteiger partial charge in [0.05, 0.1) is 18.7 Å². The van der Waals surface area contributed by atoms with E-state index < -0.39 is 5.91 Å². The minimum Gasteiger partial charge on any atom is -0.491 e. The van der Waals surface area contributed by atoms with E-state index in [1.54, 1.807) is 60.7 Å². The van der Waals surface area contributed by atoms with E-state index in [-0.39, 0.29) is 25.0 Å². The van der Waals surface area contributed by atoms with Crippen molar-refractivity contribution in [2.75, 3.05) is 22.6 Å². The number of para-hydroxylation sites is 3. The van der Waals surface area contributed by atoms with Gasteiger partial charge in [-0.2, -0.15) is 0 Å². The van der Waals surface area contributed by atoms with Crippen molar-refractivity contribution in [1.29, 1.82) is 0 Å². The topological polar surface area (TPSA) is 123 Å². The average molecular weight is 418 g/mol. The fourth-order valence-electron chi connectivity index (χ4n) is 2.67. The van der Waals surface area contributed by atoms with Crippen LogP contribution < -0.4 is 26.4 Å². The summed E-state index contributed by atoms with van der Waals surface area (Å²) in [7, 11) is 0. The van der Waals surface area contributed by atoms with Crippen LogP contribution >= 0.6 is 0 Å². The zero-order chi connectivity index (χ0) is 22.1. The molecule has 0 atom stereocenters. The summed E-state index contributed by atoms with van der Waals surface area (Å²) in [5.41, 5.74) is 7.21. The van der Waals surface area contributed by atoms with Crippen LogP contribution in [0.5, 0.6) is 5.75 Å². The van der Waals surface area contributed by atoms with Gasteiger partial charge >= 0.3 is 6.03 Å². The van der Waals surface area contributed by atoms with Gasteiger partial charge in [0.25, 0.3) is 5.91 Å². The van der Waals surface area contributed by atoms with Gasteiger partial charge in [-0.3, -0.25) is 9.59 Å². The van der Waals surface area contributed by atoms with Gasteiger partial charge in [0.1, 0.15) is 5.75 Å². The molecule has 0 radical (unpaired) electrons. The molecule has 0 fully saturated rings. The number of ether oxygens (including phenoxy) is 1. The highest BCUT2D eigenvalue weighted by Crippen LogP contribution is 2.24. The second-order valence-corrected chi connectivity index (χ2v) is 6.54. The van der Waals surface area contributed by atoms with Gasteiger partial charge in [-0.15, -0.1) is 0 Å². The van der Waals surface area contributed by atoms with E-state index in [2.05, 4.69) is 16.0 Å². The van der Waals surface area contributed by atoms with Crippen molar-refractivity contribution in [2.24, 2.45) is 5.73 Å². The van der Waals surface area contributed by atoms with Gasteiger partial charge in [-0.1, -0.05) is 30.3 Å². The van der Waals surface area contributed by atoms with Crippen LogP contribution in [0.4, 0.5) is 21.9 Å². The van der Waals surface area contributed by atoms with E-state index >= 15 is 0 Å². The van der Waals surface area contributed by atoms with Crippen LogP contribution in [0.3, 0.4) is 0 Å². The number of nitrogens with one attached hydrogen (secondary N) is 3. The minimum atomic E-state index is -0.465. The van der Waals surface area contributed by atoms with Crippen molar-refractivity contribution in [3.8, 4) is 5.75 Å². The number of carbonyl (C=O) groups excluding carboxylic acids is 3. The van der Waals surface area contributed by atoms with Gasteiger partial charge in [-0.05, 0) is 48.5 Å². The van der Waals surface area contributed by atoms with Crippen LogP contribution in [0.25, 0.3) is 0 Å². The second kappa shape index (κ2) is 10.4. The third kappa shape index (κ3) is 6.60. The maximum Gasteiger partial charge on any atom is 0.323 e. The third-order valence-corrected chi connectivity index (χ3v) is 4.18. The van der Waals surface area contributed by atoms with E-state index in [0.717, 1.165) is 0 Å². The van der Waals surface area contributed by atoms with Gasteiger partial charge in [-0.25, -0.2) is 4.79 Å². The van der Waals surface area contributed by atoms with Crippen LogP contribution in [0.15, 0.2) is 78.9 Å². The number of primary amides is 1. The molecule has 3 rings (SSSR count). The first kappa shape index (κ1) is 21.4.